The van der Waals surface area contributed by atoms with E-state index in [4.69, 9.17) is 0 Å². The second-order valence-corrected chi connectivity index (χ2v) is 5.65. The van der Waals surface area contributed by atoms with E-state index in [1.807, 2.05) is 42.5 Å². The summed E-state index contributed by atoms with van der Waals surface area (Å²) < 4.78 is 0.822. The lowest BCUT2D eigenvalue weighted by Crippen LogP contribution is -2.41. The molecule has 0 fully saturated rings. The smallest absolute Gasteiger partial charge is 0.324 e. The Hall–Kier alpha value is -1.89. The fourth-order valence-corrected chi connectivity index (χ4v) is 2.42. The first-order chi connectivity index (χ1) is 10.1. The van der Waals surface area contributed by atoms with Crippen LogP contribution in [0.4, 0.5) is 4.79 Å². The van der Waals surface area contributed by atoms with Gasteiger partial charge in [-0.2, -0.15) is 0 Å². The Morgan fingerprint density at radius 2 is 1.67 bits per heavy atom. The number of amides is 3. The molecule has 5 heteroatoms. The lowest BCUT2D eigenvalue weighted by molar-refractivity contribution is 0.0830. The fourth-order valence-electron chi connectivity index (χ4n) is 1.80. The lowest BCUT2D eigenvalue weighted by atomic mass is 10.2. The van der Waals surface area contributed by atoms with Crippen molar-refractivity contribution in [3.05, 3.63) is 69.3 Å². The van der Waals surface area contributed by atoms with Gasteiger partial charge in [-0.3, -0.25) is 9.69 Å². The van der Waals surface area contributed by atoms with Crippen LogP contribution in [0, 0.1) is 3.57 Å². The van der Waals surface area contributed by atoms with Crippen LogP contribution < -0.4 is 5.32 Å². The summed E-state index contributed by atoms with van der Waals surface area (Å²) in [6.07, 6.45) is 0. The molecule has 0 saturated heterocycles. The van der Waals surface area contributed by atoms with Crippen LogP contribution in [0.2, 0.25) is 0 Å². The predicted molar refractivity (Wildman–Crippen MR) is 89.9 cm³/mol. The van der Waals surface area contributed by atoms with E-state index >= 15 is 0 Å². The molecule has 2 rings (SSSR count). The molecule has 0 aliphatic rings. The molecule has 2 aromatic carbocycles. The minimum Gasteiger partial charge on any atom is -0.334 e. The summed E-state index contributed by atoms with van der Waals surface area (Å²) in [5, 5.41) is 2.73. The molecule has 3 amide bonds. The van der Waals surface area contributed by atoms with Crippen LogP contribution in [-0.4, -0.2) is 23.9 Å². The molecular formula is C16H15IN2O2. The maximum Gasteiger partial charge on any atom is 0.324 e. The first-order valence-electron chi connectivity index (χ1n) is 6.44. The van der Waals surface area contributed by atoms with E-state index in [1.165, 1.54) is 7.05 Å². The molecule has 0 heterocycles. The first kappa shape index (κ1) is 15.5. The second kappa shape index (κ2) is 7.21. The number of nitrogens with one attached hydrogen (secondary N) is 1. The number of benzene rings is 2. The van der Waals surface area contributed by atoms with Gasteiger partial charge in [0.25, 0.3) is 5.91 Å². The van der Waals surface area contributed by atoms with Crippen LogP contribution in [0.25, 0.3) is 0 Å². The van der Waals surface area contributed by atoms with Gasteiger partial charge in [0.2, 0.25) is 0 Å². The van der Waals surface area contributed by atoms with Crippen molar-refractivity contribution < 1.29 is 9.59 Å². The van der Waals surface area contributed by atoms with E-state index < -0.39 is 6.03 Å². The van der Waals surface area contributed by atoms with Crippen LogP contribution in [0.5, 0.6) is 0 Å². The monoisotopic (exact) mass is 394 g/mol. The van der Waals surface area contributed by atoms with E-state index in [1.54, 1.807) is 12.1 Å². The van der Waals surface area contributed by atoms with E-state index in [9.17, 15) is 9.59 Å². The van der Waals surface area contributed by atoms with Crippen molar-refractivity contribution in [3.8, 4) is 0 Å². The predicted octanol–water partition coefficient (Wildman–Crippen LogP) is 3.27. The van der Waals surface area contributed by atoms with Crippen LogP contribution in [-0.2, 0) is 6.54 Å². The summed E-state index contributed by atoms with van der Waals surface area (Å²) in [5.74, 6) is -0.314. The van der Waals surface area contributed by atoms with Gasteiger partial charge in [0, 0.05) is 17.2 Å². The van der Waals surface area contributed by atoms with E-state index in [2.05, 4.69) is 27.9 Å². The van der Waals surface area contributed by atoms with Crippen molar-refractivity contribution in [3.63, 3.8) is 0 Å². The summed E-state index contributed by atoms with van der Waals surface area (Å²) >= 11 is 2.08. The molecule has 0 aliphatic heterocycles. The number of carbonyl (C=O) groups is 2. The highest BCUT2D eigenvalue weighted by Gasteiger charge is 2.19. The Kier molecular flexibility index (Phi) is 5.32. The molecular weight excluding hydrogens is 379 g/mol. The Labute approximate surface area is 137 Å². The van der Waals surface area contributed by atoms with E-state index in [0.717, 1.165) is 14.0 Å². The zero-order chi connectivity index (χ0) is 15.2. The van der Waals surface area contributed by atoms with Crippen molar-refractivity contribution in [2.45, 2.75) is 6.54 Å². The number of nitrogens with zero attached hydrogens (tertiary/aromatic N) is 1. The summed E-state index contributed by atoms with van der Waals surface area (Å²) in [4.78, 5) is 25.4. The maximum absolute atomic E-state index is 12.3. The summed E-state index contributed by atoms with van der Waals surface area (Å²) in [5.41, 5.74) is 1.51. The van der Waals surface area contributed by atoms with Gasteiger partial charge in [0.05, 0.1) is 5.56 Å². The second-order valence-electron chi connectivity index (χ2n) is 4.49. The minimum atomic E-state index is -0.413. The third kappa shape index (κ3) is 4.04. The third-order valence-electron chi connectivity index (χ3n) is 3.00. The number of imide groups is 1. The van der Waals surface area contributed by atoms with Crippen molar-refractivity contribution >= 4 is 34.5 Å². The molecule has 0 bridgehead atoms. The topological polar surface area (TPSA) is 49.4 Å². The molecule has 0 saturated carbocycles. The lowest BCUT2D eigenvalue weighted by Gasteiger charge is -2.17. The molecule has 2 aromatic rings. The zero-order valence-electron chi connectivity index (χ0n) is 11.5. The van der Waals surface area contributed by atoms with E-state index in [-0.39, 0.29) is 5.91 Å². The molecule has 0 aliphatic carbocycles. The zero-order valence-corrected chi connectivity index (χ0v) is 13.7. The molecule has 0 aromatic heterocycles. The van der Waals surface area contributed by atoms with Crippen LogP contribution in [0.1, 0.15) is 15.9 Å². The molecule has 1 N–H and O–H groups in total. The first-order valence-corrected chi connectivity index (χ1v) is 7.52. The van der Waals surface area contributed by atoms with Crippen LogP contribution >= 0.6 is 22.6 Å². The van der Waals surface area contributed by atoms with Gasteiger partial charge >= 0.3 is 6.03 Å². The number of urea groups is 1. The van der Waals surface area contributed by atoms with Gasteiger partial charge in [0.1, 0.15) is 0 Å². The van der Waals surface area contributed by atoms with Crippen LogP contribution in [0.15, 0.2) is 54.6 Å². The number of carbonyl (C=O) groups excluding carboxylic acids is 2. The SMILES string of the molecule is CN(C(=O)NCc1ccccc1)C(=O)c1ccccc1I. The van der Waals surface area contributed by atoms with Crippen molar-refractivity contribution in [1.29, 1.82) is 0 Å². The number of rotatable bonds is 3. The molecule has 108 valence electrons. The Balaban J connectivity index is 1.99. The molecule has 0 radical (unpaired) electrons. The van der Waals surface area contributed by atoms with Gasteiger partial charge in [0.15, 0.2) is 0 Å². The Morgan fingerprint density at radius 1 is 1.05 bits per heavy atom. The molecule has 0 unspecified atom stereocenters. The Morgan fingerprint density at radius 3 is 2.33 bits per heavy atom. The van der Waals surface area contributed by atoms with Gasteiger partial charge in [-0.15, -0.1) is 0 Å². The quantitative estimate of drug-likeness (QED) is 0.813. The molecule has 0 atom stereocenters. The Bertz CT molecular complexity index is 644. The standard InChI is InChI=1S/C16H15IN2O2/c1-19(15(20)13-9-5-6-10-14(13)17)16(21)18-11-12-7-3-2-4-8-12/h2-10H,11H2,1H3,(H,18,21). The summed E-state index contributed by atoms with van der Waals surface area (Å²) in [6, 6.07) is 16.3. The number of halogens is 1. The fraction of sp³-hybridized carbons (Fsp3) is 0.125. The van der Waals surface area contributed by atoms with Gasteiger partial charge in [-0.1, -0.05) is 42.5 Å². The van der Waals surface area contributed by atoms with Crippen molar-refractivity contribution in [2.75, 3.05) is 7.05 Å². The third-order valence-corrected chi connectivity index (χ3v) is 3.94. The number of hydrogen-bond donors (Lipinski definition) is 1. The normalized spacial score (nSPS) is 10.0. The molecule has 4 nitrogen and oxygen atoms in total. The summed E-state index contributed by atoms with van der Waals surface area (Å²) in [7, 11) is 1.48. The van der Waals surface area contributed by atoms with Gasteiger partial charge in [-0.25, -0.2) is 4.79 Å². The minimum absolute atomic E-state index is 0.314. The van der Waals surface area contributed by atoms with Gasteiger partial charge in [-0.05, 0) is 40.3 Å². The highest BCUT2D eigenvalue weighted by molar-refractivity contribution is 14.1. The molecule has 0 spiro atoms. The van der Waals surface area contributed by atoms with E-state index in [0.29, 0.717) is 12.1 Å². The largest absolute Gasteiger partial charge is 0.334 e. The molecule has 21 heavy (non-hydrogen) atoms. The average molecular weight is 394 g/mol. The highest BCUT2D eigenvalue weighted by atomic mass is 127. The maximum atomic E-state index is 12.3. The summed E-state index contributed by atoms with van der Waals surface area (Å²) in [6.45, 7) is 0.392. The van der Waals surface area contributed by atoms with Crippen molar-refractivity contribution in [1.82, 2.24) is 10.2 Å². The highest BCUT2D eigenvalue weighted by Crippen LogP contribution is 2.13. The average Bonchev–Trinajstić information content (AvgIpc) is 2.52. The van der Waals surface area contributed by atoms with Gasteiger partial charge < -0.3 is 5.32 Å². The van der Waals surface area contributed by atoms with Crippen LogP contribution in [0.3, 0.4) is 0 Å². The number of hydrogen-bond acceptors (Lipinski definition) is 2. The van der Waals surface area contributed by atoms with Crippen molar-refractivity contribution in [2.24, 2.45) is 0 Å².